The molecular weight excluding hydrogens is 218 g/mol. The molecule has 0 aliphatic carbocycles. The highest BCUT2D eigenvalue weighted by molar-refractivity contribution is 6.07. The highest BCUT2D eigenvalue weighted by atomic mass is 16.5. The molecule has 0 fully saturated rings. The summed E-state index contributed by atoms with van der Waals surface area (Å²) in [5.74, 6) is 0.755. The van der Waals surface area contributed by atoms with Gasteiger partial charge in [0, 0.05) is 19.3 Å². The lowest BCUT2D eigenvalue weighted by molar-refractivity contribution is -0.122. The molecule has 1 aliphatic heterocycles. The molecule has 1 aromatic carbocycles. The standard InChI is InChI=1S/C13H17NO3/c1-13(6-7-15)10-8-9(17-3)4-5-11(10)14(2)12(13)16/h4-5,8,15H,6-7H2,1-3H3/t13-/m0/s1. The van der Waals surface area contributed by atoms with Crippen molar-refractivity contribution in [1.82, 2.24) is 0 Å². The first-order chi connectivity index (χ1) is 8.04. The molecule has 4 nitrogen and oxygen atoms in total. The number of hydrogen-bond acceptors (Lipinski definition) is 3. The van der Waals surface area contributed by atoms with E-state index in [4.69, 9.17) is 9.84 Å². The van der Waals surface area contributed by atoms with Crippen LogP contribution in [0.5, 0.6) is 5.75 Å². The fourth-order valence-electron chi connectivity index (χ4n) is 2.44. The molecule has 0 unspecified atom stereocenters. The molecular formula is C13H17NO3. The van der Waals surface area contributed by atoms with Crippen molar-refractivity contribution in [3.05, 3.63) is 23.8 Å². The predicted octanol–water partition coefficient (Wildman–Crippen LogP) is 1.31. The number of methoxy groups -OCH3 is 1. The summed E-state index contributed by atoms with van der Waals surface area (Å²) in [5, 5.41) is 9.15. The quantitative estimate of drug-likeness (QED) is 0.859. The Labute approximate surface area is 101 Å². The highest BCUT2D eigenvalue weighted by Gasteiger charge is 2.45. The molecule has 0 bridgehead atoms. The second kappa shape index (κ2) is 4.04. The van der Waals surface area contributed by atoms with Crippen molar-refractivity contribution < 1.29 is 14.6 Å². The van der Waals surface area contributed by atoms with Crippen LogP contribution in [0.2, 0.25) is 0 Å². The van der Waals surface area contributed by atoms with Crippen LogP contribution in [0.4, 0.5) is 5.69 Å². The lowest BCUT2D eigenvalue weighted by atomic mass is 9.81. The molecule has 1 heterocycles. The van der Waals surface area contributed by atoms with Crippen LogP contribution in [0.1, 0.15) is 18.9 Å². The van der Waals surface area contributed by atoms with Crippen molar-refractivity contribution in [3.63, 3.8) is 0 Å². The molecule has 1 aliphatic rings. The molecule has 92 valence electrons. The topological polar surface area (TPSA) is 49.8 Å². The summed E-state index contributed by atoms with van der Waals surface area (Å²) in [6.45, 7) is 1.86. The highest BCUT2D eigenvalue weighted by Crippen LogP contribution is 2.44. The van der Waals surface area contributed by atoms with Gasteiger partial charge in [-0.2, -0.15) is 0 Å². The van der Waals surface area contributed by atoms with Gasteiger partial charge in [-0.15, -0.1) is 0 Å². The number of nitrogens with zero attached hydrogens (tertiary/aromatic N) is 1. The first-order valence-corrected chi connectivity index (χ1v) is 5.62. The van der Waals surface area contributed by atoms with Crippen molar-refractivity contribution in [3.8, 4) is 5.75 Å². The molecule has 17 heavy (non-hydrogen) atoms. The van der Waals surface area contributed by atoms with Gasteiger partial charge in [0.2, 0.25) is 5.91 Å². The summed E-state index contributed by atoms with van der Waals surface area (Å²) in [6, 6.07) is 5.61. The minimum atomic E-state index is -0.645. The summed E-state index contributed by atoms with van der Waals surface area (Å²) >= 11 is 0. The van der Waals surface area contributed by atoms with Crippen LogP contribution in [0.25, 0.3) is 0 Å². The van der Waals surface area contributed by atoms with Gasteiger partial charge in [0.25, 0.3) is 0 Å². The number of anilines is 1. The van der Waals surface area contributed by atoms with Crippen molar-refractivity contribution in [2.24, 2.45) is 0 Å². The fourth-order valence-corrected chi connectivity index (χ4v) is 2.44. The zero-order chi connectivity index (χ0) is 12.6. The maximum atomic E-state index is 12.2. The molecule has 0 radical (unpaired) electrons. The number of ether oxygens (including phenoxy) is 1. The molecule has 0 saturated heterocycles. The van der Waals surface area contributed by atoms with E-state index in [1.807, 2.05) is 25.1 Å². The fraction of sp³-hybridized carbons (Fsp3) is 0.462. The monoisotopic (exact) mass is 235 g/mol. The van der Waals surface area contributed by atoms with E-state index in [9.17, 15) is 4.79 Å². The van der Waals surface area contributed by atoms with Crippen LogP contribution in [-0.4, -0.2) is 31.8 Å². The number of hydrogen-bond donors (Lipinski definition) is 1. The van der Waals surface area contributed by atoms with Gasteiger partial charge >= 0.3 is 0 Å². The smallest absolute Gasteiger partial charge is 0.237 e. The minimum Gasteiger partial charge on any atom is -0.497 e. The van der Waals surface area contributed by atoms with Gasteiger partial charge in [0.1, 0.15) is 5.75 Å². The van der Waals surface area contributed by atoms with E-state index in [0.717, 1.165) is 17.0 Å². The number of carbonyl (C=O) groups excluding carboxylic acids is 1. The van der Waals surface area contributed by atoms with Gasteiger partial charge < -0.3 is 14.7 Å². The number of fused-ring (bicyclic) bond motifs is 1. The Morgan fingerprint density at radius 2 is 2.18 bits per heavy atom. The van der Waals surface area contributed by atoms with Crippen LogP contribution in [0, 0.1) is 0 Å². The third-order valence-electron chi connectivity index (χ3n) is 3.55. The number of aliphatic hydroxyl groups excluding tert-OH is 1. The first kappa shape index (κ1) is 11.9. The zero-order valence-electron chi connectivity index (χ0n) is 10.4. The number of likely N-dealkylation sites (N-methyl/N-ethyl adjacent to an activating group) is 1. The summed E-state index contributed by atoms with van der Waals surface area (Å²) in [6.07, 6.45) is 0.427. The van der Waals surface area contributed by atoms with Gasteiger partial charge in [-0.05, 0) is 37.1 Å². The number of aliphatic hydroxyl groups is 1. The van der Waals surface area contributed by atoms with Crippen LogP contribution < -0.4 is 9.64 Å². The second-order valence-electron chi connectivity index (χ2n) is 4.55. The molecule has 0 aromatic heterocycles. The molecule has 1 N–H and O–H groups in total. The average Bonchev–Trinajstić information content (AvgIpc) is 2.52. The van der Waals surface area contributed by atoms with E-state index in [-0.39, 0.29) is 12.5 Å². The average molecular weight is 235 g/mol. The number of rotatable bonds is 3. The van der Waals surface area contributed by atoms with Crippen molar-refractivity contribution in [2.45, 2.75) is 18.8 Å². The lowest BCUT2D eigenvalue weighted by Crippen LogP contribution is -2.36. The number of benzene rings is 1. The second-order valence-corrected chi connectivity index (χ2v) is 4.55. The maximum absolute atomic E-state index is 12.2. The van der Waals surface area contributed by atoms with Crippen molar-refractivity contribution in [2.75, 3.05) is 25.7 Å². The zero-order valence-corrected chi connectivity index (χ0v) is 10.4. The Hall–Kier alpha value is -1.55. The van der Waals surface area contributed by atoms with Gasteiger partial charge in [-0.25, -0.2) is 0 Å². The van der Waals surface area contributed by atoms with Gasteiger partial charge in [-0.1, -0.05) is 0 Å². The van der Waals surface area contributed by atoms with Crippen LogP contribution >= 0.6 is 0 Å². The summed E-state index contributed by atoms with van der Waals surface area (Å²) in [5.41, 5.74) is 1.18. The Kier molecular flexibility index (Phi) is 2.83. The molecule has 1 aromatic rings. The third-order valence-corrected chi connectivity index (χ3v) is 3.55. The SMILES string of the molecule is COc1ccc2c(c1)[C@](C)(CCO)C(=O)N2C. The van der Waals surface area contributed by atoms with E-state index in [1.165, 1.54) is 0 Å². The molecule has 4 heteroatoms. The Bertz CT molecular complexity index is 458. The molecule has 2 rings (SSSR count). The van der Waals surface area contributed by atoms with Crippen LogP contribution in [-0.2, 0) is 10.2 Å². The minimum absolute atomic E-state index is 0.00721. The molecule has 0 spiro atoms. The number of amides is 1. The summed E-state index contributed by atoms with van der Waals surface area (Å²) in [4.78, 5) is 13.9. The molecule has 1 amide bonds. The lowest BCUT2D eigenvalue weighted by Gasteiger charge is -2.22. The normalized spacial score (nSPS) is 22.8. The Morgan fingerprint density at radius 1 is 1.47 bits per heavy atom. The van der Waals surface area contributed by atoms with Gasteiger partial charge in [-0.3, -0.25) is 4.79 Å². The maximum Gasteiger partial charge on any atom is 0.237 e. The van der Waals surface area contributed by atoms with Crippen LogP contribution in [0.3, 0.4) is 0 Å². The van der Waals surface area contributed by atoms with E-state index < -0.39 is 5.41 Å². The van der Waals surface area contributed by atoms with Crippen molar-refractivity contribution in [1.29, 1.82) is 0 Å². The van der Waals surface area contributed by atoms with Gasteiger partial charge in [0.05, 0.1) is 12.5 Å². The Balaban J connectivity index is 2.57. The van der Waals surface area contributed by atoms with E-state index in [1.54, 1.807) is 19.1 Å². The summed E-state index contributed by atoms with van der Waals surface area (Å²) in [7, 11) is 3.36. The van der Waals surface area contributed by atoms with E-state index >= 15 is 0 Å². The van der Waals surface area contributed by atoms with Crippen LogP contribution in [0.15, 0.2) is 18.2 Å². The molecule has 1 atom stereocenters. The number of carbonyl (C=O) groups is 1. The van der Waals surface area contributed by atoms with Crippen molar-refractivity contribution >= 4 is 11.6 Å². The molecule has 0 saturated carbocycles. The summed E-state index contributed by atoms with van der Waals surface area (Å²) < 4.78 is 5.19. The largest absolute Gasteiger partial charge is 0.497 e. The van der Waals surface area contributed by atoms with Gasteiger partial charge in [0.15, 0.2) is 0 Å². The van der Waals surface area contributed by atoms with E-state index in [2.05, 4.69) is 0 Å². The predicted molar refractivity (Wildman–Crippen MR) is 65.5 cm³/mol. The van der Waals surface area contributed by atoms with E-state index in [0.29, 0.717) is 6.42 Å². The third kappa shape index (κ3) is 1.60. The Morgan fingerprint density at radius 3 is 2.76 bits per heavy atom. The first-order valence-electron chi connectivity index (χ1n) is 5.62.